The molecule has 0 unspecified atom stereocenters. The van der Waals surface area contributed by atoms with Crippen molar-refractivity contribution < 1.29 is 41.5 Å². The summed E-state index contributed by atoms with van der Waals surface area (Å²) in [6.07, 6.45) is 12.8. The van der Waals surface area contributed by atoms with Gasteiger partial charge in [0.2, 0.25) is 0 Å². The van der Waals surface area contributed by atoms with Gasteiger partial charge < -0.3 is 58.5 Å². The molecule has 9 heterocycles. The summed E-state index contributed by atoms with van der Waals surface area (Å²) in [6.45, 7) is 46.9. The predicted molar refractivity (Wildman–Crippen MR) is 543 cm³/mol. The molecule has 0 aliphatic carbocycles. The number of piperidine rings is 3. The van der Waals surface area contributed by atoms with Crippen LogP contribution in [0.3, 0.4) is 0 Å². The van der Waals surface area contributed by atoms with Crippen LogP contribution >= 0.6 is 15.9 Å². The summed E-state index contributed by atoms with van der Waals surface area (Å²) in [7, 11) is -3.88. The van der Waals surface area contributed by atoms with Gasteiger partial charge in [0.15, 0.2) is 16.6 Å². The Hall–Kier alpha value is -10.8. The summed E-state index contributed by atoms with van der Waals surface area (Å²) in [6, 6.07) is 52.2. The van der Waals surface area contributed by atoms with Crippen LogP contribution in [0.5, 0.6) is 0 Å². The molecule has 27 heteroatoms. The van der Waals surface area contributed by atoms with E-state index in [-0.39, 0.29) is 64.2 Å². The van der Waals surface area contributed by atoms with E-state index in [1.807, 2.05) is 100 Å². The molecular weight excluding hydrogens is 1800 g/mol. The molecule has 6 saturated heterocycles. The number of aliphatic hydroxyl groups is 1. The molecule has 0 radical (unpaired) electrons. The Morgan fingerprint density at radius 3 is 1.10 bits per heavy atom. The van der Waals surface area contributed by atoms with Crippen LogP contribution in [-0.2, 0) is 28.1 Å². The molecule has 3 aromatic heterocycles. The maximum absolute atomic E-state index is 14.2. The zero-order valence-electron chi connectivity index (χ0n) is 81.9. The Labute approximate surface area is 809 Å². The highest BCUT2D eigenvalue weighted by atomic mass is 79.9. The van der Waals surface area contributed by atoms with Gasteiger partial charge in [0.1, 0.15) is 51.9 Å². The lowest BCUT2D eigenvalue weighted by Gasteiger charge is -2.44. The summed E-state index contributed by atoms with van der Waals surface area (Å²) in [5, 5.41) is 42.4. The number of hydrogen-bond donors (Lipinski definition) is 2. The van der Waals surface area contributed by atoms with Gasteiger partial charge in [0.05, 0.1) is 84.2 Å². The minimum atomic E-state index is -2.04. The van der Waals surface area contributed by atoms with Gasteiger partial charge in [-0.05, 0) is 310 Å². The summed E-state index contributed by atoms with van der Waals surface area (Å²) in [5.74, 6) is 2.01. The molecule has 21 nitrogen and oxygen atoms in total. The fraction of sp³-hybridized carbons (Fsp3) is 0.472. The molecule has 0 bridgehead atoms. The van der Waals surface area contributed by atoms with E-state index < -0.39 is 22.5 Å². The second-order valence-electron chi connectivity index (χ2n) is 40.5. The number of para-hydroxylation sites is 3. The summed E-state index contributed by atoms with van der Waals surface area (Å²) < 4.78 is 52.9. The highest BCUT2D eigenvalue weighted by molar-refractivity contribution is 9.10. The average Bonchev–Trinajstić information content (AvgIpc) is 0.774. The monoisotopic (exact) mass is 1930 g/mol. The third kappa shape index (κ3) is 26.7. The highest BCUT2D eigenvalue weighted by Crippen LogP contribution is 2.41. The molecule has 135 heavy (non-hydrogen) atoms. The second kappa shape index (κ2) is 46.4. The van der Waals surface area contributed by atoms with Crippen LogP contribution in [0.2, 0.25) is 36.3 Å². The van der Waals surface area contributed by atoms with E-state index in [1.54, 1.807) is 18.2 Å². The van der Waals surface area contributed by atoms with Crippen molar-refractivity contribution in [2.75, 3.05) is 142 Å². The van der Waals surface area contributed by atoms with Crippen molar-refractivity contribution in [3.63, 3.8) is 0 Å². The Kier molecular flexibility index (Phi) is 35.4. The first kappa shape index (κ1) is 103. The number of carbonyl (C=O) groups is 3. The lowest BCUT2D eigenvalue weighted by molar-refractivity contribution is 0.0670. The van der Waals surface area contributed by atoms with Gasteiger partial charge >= 0.3 is 0 Å². The maximum atomic E-state index is 14.2. The van der Waals surface area contributed by atoms with Crippen molar-refractivity contribution in [1.29, 1.82) is 15.8 Å². The first-order valence-electron chi connectivity index (χ1n) is 47.9. The van der Waals surface area contributed by atoms with Crippen LogP contribution in [0.15, 0.2) is 169 Å². The molecule has 3 atom stereocenters. The molecule has 0 saturated carbocycles. The number of aryl methyl sites for hydroxylation is 6. The lowest BCUT2D eigenvalue weighted by atomic mass is 9.86. The van der Waals surface area contributed by atoms with E-state index in [1.165, 1.54) is 64.0 Å². The zero-order chi connectivity index (χ0) is 97.2. The quantitative estimate of drug-likeness (QED) is 0.0502. The highest BCUT2D eigenvalue weighted by Gasteiger charge is 2.42. The number of nitrogens with one attached hydrogen (secondary N) is 1. The van der Waals surface area contributed by atoms with Gasteiger partial charge in [-0.3, -0.25) is 14.4 Å². The summed E-state index contributed by atoms with van der Waals surface area (Å²) in [5.41, 5.74) is 18.0. The molecule has 6 aliphatic rings. The Bertz CT molecular complexity index is 5660. The number of anilines is 5. The fourth-order valence-corrected chi connectivity index (χ4v) is 21.1. The van der Waals surface area contributed by atoms with Crippen LogP contribution in [-0.4, -0.2) is 205 Å². The summed E-state index contributed by atoms with van der Waals surface area (Å²) in [4.78, 5) is 70.8. The first-order chi connectivity index (χ1) is 64.3. The Morgan fingerprint density at radius 1 is 0.437 bits per heavy atom. The first-order valence-corrected chi connectivity index (χ1v) is 54.5. The van der Waals surface area contributed by atoms with Crippen molar-refractivity contribution in [2.24, 2.45) is 17.8 Å². The number of piperazine rings is 3. The minimum Gasteiger partial charge on any atom is -0.415 e. The number of nitriles is 3. The molecule has 6 aromatic carbocycles. The number of amides is 3. The van der Waals surface area contributed by atoms with E-state index in [4.69, 9.17) is 8.85 Å². The normalized spacial score (nSPS) is 17.8. The predicted octanol–water partition coefficient (Wildman–Crippen LogP) is 20.1. The molecule has 716 valence electrons. The van der Waals surface area contributed by atoms with Gasteiger partial charge in [-0.1, -0.05) is 96.1 Å². The molecule has 2 N–H and O–H groups in total. The number of nitrogens with zero attached hydrogens (tertiary/aromatic N) is 14. The molecule has 3 amide bonds. The third-order valence-electron chi connectivity index (χ3n) is 29.1. The Balaban J connectivity index is 0.000000175. The van der Waals surface area contributed by atoms with Crippen molar-refractivity contribution >= 4 is 79.0 Å². The van der Waals surface area contributed by atoms with Crippen molar-refractivity contribution in [3.8, 4) is 18.2 Å². The van der Waals surface area contributed by atoms with Gasteiger partial charge in [-0.2, -0.15) is 15.8 Å². The molecular formula is C108H137BrF3N15O6Si2. The molecule has 9 aromatic rings. The number of aromatic nitrogens is 3. The second-order valence-corrected chi connectivity index (χ2v) is 50.9. The zero-order valence-corrected chi connectivity index (χ0v) is 85.5. The topological polar surface area (TPSA) is 238 Å². The lowest BCUT2D eigenvalue weighted by Crippen LogP contribution is -2.58. The largest absolute Gasteiger partial charge is 0.415 e. The van der Waals surface area contributed by atoms with Gasteiger partial charge in [-0.25, -0.2) is 28.1 Å². The van der Waals surface area contributed by atoms with Crippen LogP contribution < -0.4 is 29.8 Å². The van der Waals surface area contributed by atoms with E-state index in [0.717, 1.165) is 178 Å². The van der Waals surface area contributed by atoms with Crippen molar-refractivity contribution in [1.82, 2.24) is 35.0 Å². The minimum absolute atomic E-state index is 0.0214. The summed E-state index contributed by atoms with van der Waals surface area (Å²) >= 11 is 3.07. The third-order valence-corrected chi connectivity index (χ3v) is 38.6. The van der Waals surface area contributed by atoms with Crippen LogP contribution in [0.1, 0.15) is 178 Å². The van der Waals surface area contributed by atoms with Crippen LogP contribution in [0, 0.1) is 111 Å². The van der Waals surface area contributed by atoms with Gasteiger partial charge in [0, 0.05) is 121 Å². The number of benzene rings is 6. The van der Waals surface area contributed by atoms with E-state index in [2.05, 4.69) is 212 Å². The smallest absolute Gasteiger partial charge is 0.254 e. The fourth-order valence-electron chi connectivity index (χ4n) is 18.7. The number of hydrogen-bond acceptors (Lipinski definition) is 18. The van der Waals surface area contributed by atoms with E-state index in [0.29, 0.717) is 98.6 Å². The van der Waals surface area contributed by atoms with Crippen LogP contribution in [0.25, 0.3) is 0 Å². The number of rotatable bonds is 21. The average molecular weight is 1930 g/mol. The molecule has 15 rings (SSSR count). The van der Waals surface area contributed by atoms with E-state index in [9.17, 15) is 48.4 Å². The van der Waals surface area contributed by atoms with Crippen molar-refractivity contribution in [2.45, 2.75) is 195 Å². The van der Waals surface area contributed by atoms with Gasteiger partial charge in [0.25, 0.3) is 17.7 Å². The van der Waals surface area contributed by atoms with Gasteiger partial charge in [-0.15, -0.1) is 0 Å². The molecule has 0 spiro atoms. The number of carbonyl (C=O) groups excluding carboxylic acids is 3. The number of halogens is 4. The van der Waals surface area contributed by atoms with Crippen LogP contribution in [0.4, 0.5) is 41.9 Å². The number of aliphatic hydroxyl groups excluding tert-OH is 1. The standard InChI is InChI=1S/C38H50FN5O2Si.C33H48N4O2Si.C32H36FN5O2.C5H3BrFN/c1-27-20-28(2)34(22-31(27)21-29-14-16-42(17-15-29)35-11-9-8-10-30(35)23-40)37(45)43-18-19-44(36-13-12-32(39)24-41-36)33(25-43)26-46-47(6,7)38(3,4)5;1-24-18-25(2)30(32(38)37-17-14-35-29(22-37)23-39-40(6,7)33(3,4)5)20-28(24)19-26-12-15-36(16-13-26)31-11-9-8-10-27(31)21-34;1-22-15-23(2)29(32(40)37-13-14-38(28(20-37)21-39)31-8-7-27(33)19-35-31)17-26(22)16-24-9-11-36(12-10-24)30-6-4-3-5-25(30)18-34;6-5-2-1-4(7)3-8-5/h8-13,20,22,24,29,33H,14-19,21,25-26H2,1-7H3;8-11,18,20,26,29,35H,12-17,19,22-23H2,1-7H3;3-8,15,17,19,24,28,39H,9-14,16,20-21H2,1-2H3;1-3H/t33-;29-;28-;/m111./s1. The van der Waals surface area contributed by atoms with Crippen molar-refractivity contribution in [3.05, 3.63) is 270 Å². The Morgan fingerprint density at radius 2 is 0.770 bits per heavy atom. The van der Waals surface area contributed by atoms with E-state index >= 15 is 0 Å². The molecule has 6 aliphatic heterocycles. The maximum Gasteiger partial charge on any atom is 0.254 e. The molecule has 6 fully saturated rings. The number of pyridine rings is 3. The SMILES string of the molecule is Cc1cc(C)c(C(=O)N2CCN(c3ccc(F)cn3)[C@@H](CO)C2)cc1CC1CCN(c2ccccc2C#N)CC1.Cc1cc(C)c(C(=O)N2CCN(c3ccc(F)cn3)[C@@H](CO[Si](C)(C)C(C)(C)C)C2)cc1CC1CCN(c2ccccc2C#N)CC1.Cc1cc(C)c(C(=O)N2CCN[C@@H](CO[Si](C)(C)C(C)(C)C)C2)cc1CC1CCN(c2ccccc2C#N)CC1.Fc1ccc(Br)nc1.